The lowest BCUT2D eigenvalue weighted by Gasteiger charge is -2.16. The summed E-state index contributed by atoms with van der Waals surface area (Å²) < 4.78 is 5.38. The van der Waals surface area contributed by atoms with Gasteiger partial charge in [-0.25, -0.2) is 15.8 Å². The Morgan fingerprint density at radius 3 is 2.83 bits per heavy atom. The fourth-order valence-corrected chi connectivity index (χ4v) is 1.86. The number of nitrogen functional groups attached to an aromatic ring is 1. The standard InChI is InChI=1S/C9H14N6O3/c1-5-6(2-3-18-5)13-8-7(15(16)17)9(14-10)12-4-11-8/h4-6H,2-3,10H2,1H3,(H2,11,12,13,14). The van der Waals surface area contributed by atoms with Crippen LogP contribution in [-0.2, 0) is 4.74 Å². The first-order chi connectivity index (χ1) is 8.63. The minimum absolute atomic E-state index is 0.00998. The zero-order valence-corrected chi connectivity index (χ0v) is 9.79. The Balaban J connectivity index is 2.29. The molecule has 1 aromatic rings. The molecule has 98 valence electrons. The van der Waals surface area contributed by atoms with Crippen molar-refractivity contribution < 1.29 is 9.66 Å². The molecule has 2 heterocycles. The van der Waals surface area contributed by atoms with Crippen molar-refractivity contribution in [2.24, 2.45) is 5.84 Å². The number of aromatic nitrogens is 2. The summed E-state index contributed by atoms with van der Waals surface area (Å²) in [7, 11) is 0. The Morgan fingerprint density at radius 1 is 1.56 bits per heavy atom. The third-order valence-corrected chi connectivity index (χ3v) is 2.84. The number of anilines is 2. The van der Waals surface area contributed by atoms with Crippen LogP contribution in [-0.4, -0.2) is 33.6 Å². The van der Waals surface area contributed by atoms with Crippen molar-refractivity contribution in [2.45, 2.75) is 25.5 Å². The number of hydrazine groups is 1. The molecule has 18 heavy (non-hydrogen) atoms. The number of ether oxygens (including phenoxy) is 1. The first-order valence-corrected chi connectivity index (χ1v) is 5.47. The Morgan fingerprint density at radius 2 is 2.28 bits per heavy atom. The van der Waals surface area contributed by atoms with Crippen LogP contribution in [0.2, 0.25) is 0 Å². The number of nitrogens with zero attached hydrogens (tertiary/aromatic N) is 3. The van der Waals surface area contributed by atoms with Crippen LogP contribution in [0.3, 0.4) is 0 Å². The lowest BCUT2D eigenvalue weighted by atomic mass is 10.1. The highest BCUT2D eigenvalue weighted by atomic mass is 16.6. The Hall–Kier alpha value is -2.00. The Bertz CT molecular complexity index is 454. The van der Waals surface area contributed by atoms with Gasteiger partial charge in [0.25, 0.3) is 0 Å². The van der Waals surface area contributed by atoms with Gasteiger partial charge in [0.1, 0.15) is 6.33 Å². The van der Waals surface area contributed by atoms with Crippen molar-refractivity contribution in [3.63, 3.8) is 0 Å². The summed E-state index contributed by atoms with van der Waals surface area (Å²) in [5.41, 5.74) is 1.92. The van der Waals surface area contributed by atoms with E-state index in [0.717, 1.165) is 6.42 Å². The minimum atomic E-state index is -0.571. The van der Waals surface area contributed by atoms with Crippen molar-refractivity contribution in [3.05, 3.63) is 16.4 Å². The first kappa shape index (κ1) is 12.5. The Labute approximate surface area is 103 Å². The maximum absolute atomic E-state index is 11.0. The second-order valence-corrected chi connectivity index (χ2v) is 3.94. The van der Waals surface area contributed by atoms with Crippen molar-refractivity contribution >= 4 is 17.3 Å². The molecule has 0 amide bonds. The summed E-state index contributed by atoms with van der Waals surface area (Å²) in [5, 5.41) is 14.0. The van der Waals surface area contributed by atoms with E-state index < -0.39 is 4.92 Å². The molecule has 0 radical (unpaired) electrons. The van der Waals surface area contributed by atoms with Crippen molar-refractivity contribution in [3.8, 4) is 0 Å². The van der Waals surface area contributed by atoms with Gasteiger partial charge in [0.2, 0.25) is 11.6 Å². The average Bonchev–Trinajstić information content (AvgIpc) is 2.74. The van der Waals surface area contributed by atoms with Crippen LogP contribution in [0.25, 0.3) is 0 Å². The van der Waals surface area contributed by atoms with Crippen molar-refractivity contribution in [1.82, 2.24) is 9.97 Å². The van der Waals surface area contributed by atoms with E-state index in [4.69, 9.17) is 10.6 Å². The van der Waals surface area contributed by atoms with Gasteiger partial charge in [-0.05, 0) is 13.3 Å². The zero-order chi connectivity index (χ0) is 13.1. The SMILES string of the molecule is CC1OCCC1Nc1ncnc(NN)c1[N+](=O)[O-]. The van der Waals surface area contributed by atoms with Gasteiger partial charge in [0.15, 0.2) is 0 Å². The van der Waals surface area contributed by atoms with E-state index in [1.54, 1.807) is 0 Å². The normalized spacial score (nSPS) is 22.8. The summed E-state index contributed by atoms with van der Waals surface area (Å²) in [6, 6.07) is -0.00998. The van der Waals surface area contributed by atoms with E-state index in [2.05, 4.69) is 20.7 Å². The molecular weight excluding hydrogens is 240 g/mol. The molecule has 2 unspecified atom stereocenters. The van der Waals surface area contributed by atoms with Crippen LogP contribution in [0.15, 0.2) is 6.33 Å². The molecule has 1 saturated heterocycles. The average molecular weight is 254 g/mol. The number of hydrogen-bond acceptors (Lipinski definition) is 8. The Kier molecular flexibility index (Phi) is 3.53. The summed E-state index contributed by atoms with van der Waals surface area (Å²) >= 11 is 0. The highest BCUT2D eigenvalue weighted by molar-refractivity contribution is 5.69. The summed E-state index contributed by atoms with van der Waals surface area (Å²) in [5.74, 6) is 5.32. The number of rotatable bonds is 4. The molecule has 0 spiro atoms. The third kappa shape index (κ3) is 2.31. The van der Waals surface area contributed by atoms with Gasteiger partial charge in [-0.3, -0.25) is 10.1 Å². The lowest BCUT2D eigenvalue weighted by molar-refractivity contribution is -0.383. The van der Waals surface area contributed by atoms with Crippen LogP contribution < -0.4 is 16.6 Å². The number of nitrogens with one attached hydrogen (secondary N) is 2. The van der Waals surface area contributed by atoms with Gasteiger partial charge >= 0.3 is 5.69 Å². The van der Waals surface area contributed by atoms with Gasteiger partial charge < -0.3 is 15.5 Å². The topological polar surface area (TPSA) is 128 Å². The predicted molar refractivity (Wildman–Crippen MR) is 63.9 cm³/mol. The molecule has 2 atom stereocenters. The fraction of sp³-hybridized carbons (Fsp3) is 0.556. The van der Waals surface area contributed by atoms with Gasteiger partial charge in [0.05, 0.1) is 17.1 Å². The van der Waals surface area contributed by atoms with Crippen molar-refractivity contribution in [2.75, 3.05) is 17.3 Å². The summed E-state index contributed by atoms with van der Waals surface area (Å²) in [6.45, 7) is 2.53. The van der Waals surface area contributed by atoms with Gasteiger partial charge in [-0.15, -0.1) is 0 Å². The van der Waals surface area contributed by atoms with E-state index in [0.29, 0.717) is 6.61 Å². The molecular formula is C9H14N6O3. The molecule has 1 aliphatic heterocycles. The lowest BCUT2D eigenvalue weighted by Crippen LogP contribution is -2.28. The molecule has 9 nitrogen and oxygen atoms in total. The van der Waals surface area contributed by atoms with E-state index in [1.165, 1.54) is 6.33 Å². The molecule has 4 N–H and O–H groups in total. The third-order valence-electron chi connectivity index (χ3n) is 2.84. The maximum atomic E-state index is 11.0. The highest BCUT2D eigenvalue weighted by Crippen LogP contribution is 2.30. The second-order valence-electron chi connectivity index (χ2n) is 3.94. The van der Waals surface area contributed by atoms with E-state index in [9.17, 15) is 10.1 Å². The smallest absolute Gasteiger partial charge is 0.354 e. The number of nitro groups is 1. The van der Waals surface area contributed by atoms with Gasteiger partial charge in [0, 0.05) is 6.61 Å². The monoisotopic (exact) mass is 254 g/mol. The molecule has 1 aromatic heterocycles. The van der Waals surface area contributed by atoms with Crippen LogP contribution in [0, 0.1) is 10.1 Å². The molecule has 0 aliphatic carbocycles. The quantitative estimate of drug-likeness (QED) is 0.396. The summed E-state index contributed by atoms with van der Waals surface area (Å²) in [6.07, 6.45) is 1.97. The van der Waals surface area contributed by atoms with E-state index in [1.807, 2.05) is 6.92 Å². The first-order valence-electron chi connectivity index (χ1n) is 5.47. The molecule has 1 fully saturated rings. The predicted octanol–water partition coefficient (Wildman–Crippen LogP) is 0.260. The summed E-state index contributed by atoms with van der Waals surface area (Å²) in [4.78, 5) is 18.0. The maximum Gasteiger partial charge on any atom is 0.354 e. The molecule has 9 heteroatoms. The van der Waals surface area contributed by atoms with Crippen molar-refractivity contribution in [1.29, 1.82) is 0 Å². The van der Waals surface area contributed by atoms with Crippen LogP contribution in [0.4, 0.5) is 17.3 Å². The largest absolute Gasteiger partial charge is 0.376 e. The molecule has 0 saturated carbocycles. The van der Waals surface area contributed by atoms with Crippen LogP contribution in [0.1, 0.15) is 13.3 Å². The number of hydrogen-bond donors (Lipinski definition) is 3. The fourth-order valence-electron chi connectivity index (χ4n) is 1.86. The highest BCUT2D eigenvalue weighted by Gasteiger charge is 2.29. The van der Waals surface area contributed by atoms with Gasteiger partial charge in [-0.1, -0.05) is 0 Å². The van der Waals surface area contributed by atoms with E-state index >= 15 is 0 Å². The molecule has 0 aromatic carbocycles. The van der Waals surface area contributed by atoms with Crippen LogP contribution >= 0.6 is 0 Å². The number of nitrogens with two attached hydrogens (primary N) is 1. The van der Waals surface area contributed by atoms with E-state index in [-0.39, 0.29) is 29.5 Å². The second kappa shape index (κ2) is 5.10. The molecule has 2 rings (SSSR count). The molecule has 0 bridgehead atoms. The minimum Gasteiger partial charge on any atom is -0.376 e. The van der Waals surface area contributed by atoms with Gasteiger partial charge in [-0.2, -0.15) is 0 Å². The zero-order valence-electron chi connectivity index (χ0n) is 9.79. The van der Waals surface area contributed by atoms with Crippen LogP contribution in [0.5, 0.6) is 0 Å². The molecule has 1 aliphatic rings.